The van der Waals surface area contributed by atoms with Gasteiger partial charge in [0.25, 0.3) is 0 Å². The molecule has 1 atom stereocenters. The number of aliphatic hydroxyl groups is 2. The van der Waals surface area contributed by atoms with Crippen LogP contribution >= 0.6 is 0 Å². The number of nitrogens with one attached hydrogen (secondary N) is 1. The molecule has 7 nitrogen and oxygen atoms in total. The molecule has 0 fully saturated rings. The lowest BCUT2D eigenvalue weighted by Gasteiger charge is -2.19. The average molecular weight is 347 g/mol. The van der Waals surface area contributed by atoms with E-state index in [9.17, 15) is 15.0 Å². The molecule has 0 saturated carbocycles. The summed E-state index contributed by atoms with van der Waals surface area (Å²) < 4.78 is 11.1. The Morgan fingerprint density at radius 3 is 2.52 bits per heavy atom. The molecule has 0 spiro atoms. The zero-order chi connectivity index (χ0) is 18.2. The summed E-state index contributed by atoms with van der Waals surface area (Å²) in [5, 5.41) is 30.6. The molecule has 2 aromatic rings. The van der Waals surface area contributed by atoms with Crippen molar-refractivity contribution in [2.45, 2.75) is 12.7 Å². The highest BCUT2D eigenvalue weighted by Gasteiger charge is 2.20. The molecule has 0 radical (unpaired) electrons. The van der Waals surface area contributed by atoms with E-state index in [0.29, 0.717) is 12.4 Å². The molecule has 0 aliphatic rings. The van der Waals surface area contributed by atoms with Gasteiger partial charge in [0.1, 0.15) is 6.61 Å². The van der Waals surface area contributed by atoms with Crippen molar-refractivity contribution in [3.63, 3.8) is 0 Å². The Hall–Kier alpha value is -2.77. The summed E-state index contributed by atoms with van der Waals surface area (Å²) in [4.78, 5) is 11.4. The quantitative estimate of drug-likeness (QED) is 0.547. The number of anilines is 1. The first-order valence-corrected chi connectivity index (χ1v) is 7.70. The Kier molecular flexibility index (Phi) is 6.62. The van der Waals surface area contributed by atoms with Crippen molar-refractivity contribution in [2.24, 2.45) is 0 Å². The van der Waals surface area contributed by atoms with Gasteiger partial charge < -0.3 is 30.1 Å². The largest absolute Gasteiger partial charge is 0.491 e. The predicted molar refractivity (Wildman–Crippen MR) is 92.3 cm³/mol. The topological polar surface area (TPSA) is 108 Å². The number of benzene rings is 2. The second kappa shape index (κ2) is 8.91. The van der Waals surface area contributed by atoms with Crippen LogP contribution in [0.2, 0.25) is 0 Å². The van der Waals surface area contributed by atoms with Gasteiger partial charge in [-0.1, -0.05) is 30.3 Å². The highest BCUT2D eigenvalue weighted by atomic mass is 16.5. The molecular weight excluding hydrogens is 326 g/mol. The number of carboxylic acids is 1. The fraction of sp³-hybridized carbons (Fsp3) is 0.278. The summed E-state index contributed by atoms with van der Waals surface area (Å²) in [6, 6.07) is 12.4. The number of rotatable bonds is 9. The molecule has 0 aliphatic carbocycles. The van der Waals surface area contributed by atoms with E-state index in [2.05, 4.69) is 5.32 Å². The molecular formula is C18H21NO6. The molecule has 0 heterocycles. The van der Waals surface area contributed by atoms with E-state index < -0.39 is 18.7 Å². The number of carbonyl (C=O) groups is 1. The van der Waals surface area contributed by atoms with E-state index in [1.54, 1.807) is 0 Å². The molecule has 25 heavy (non-hydrogen) atoms. The van der Waals surface area contributed by atoms with Gasteiger partial charge >= 0.3 is 5.97 Å². The Bertz CT molecular complexity index is 704. The van der Waals surface area contributed by atoms with E-state index in [1.165, 1.54) is 19.2 Å². The molecule has 4 N–H and O–H groups in total. The fourth-order valence-corrected chi connectivity index (χ4v) is 2.25. The first-order chi connectivity index (χ1) is 12.1. The maximum atomic E-state index is 11.4. The van der Waals surface area contributed by atoms with Crippen molar-refractivity contribution < 1.29 is 29.6 Å². The third-order valence-electron chi connectivity index (χ3n) is 3.52. The molecule has 0 aromatic heterocycles. The van der Waals surface area contributed by atoms with Crippen LogP contribution in [-0.4, -0.2) is 47.7 Å². The van der Waals surface area contributed by atoms with Crippen LogP contribution in [0.1, 0.15) is 15.9 Å². The number of aromatic carboxylic acids is 1. The number of hydrogen-bond acceptors (Lipinski definition) is 6. The van der Waals surface area contributed by atoms with Crippen LogP contribution in [0.15, 0.2) is 42.5 Å². The predicted octanol–water partition coefficient (Wildman–Crippen LogP) is 1.74. The molecule has 1 unspecified atom stereocenters. The Morgan fingerprint density at radius 2 is 1.92 bits per heavy atom. The van der Waals surface area contributed by atoms with Crippen molar-refractivity contribution in [1.82, 2.24) is 0 Å². The Labute approximate surface area is 145 Å². The van der Waals surface area contributed by atoms with E-state index >= 15 is 0 Å². The van der Waals surface area contributed by atoms with Gasteiger partial charge in [-0.3, -0.25) is 0 Å². The fourth-order valence-electron chi connectivity index (χ4n) is 2.25. The zero-order valence-corrected chi connectivity index (χ0v) is 13.8. The molecule has 134 valence electrons. The number of aliphatic hydroxyl groups excluding tert-OH is 2. The number of carboxylic acid groups (broad SMARTS) is 1. The minimum absolute atomic E-state index is 0.0194. The Balaban J connectivity index is 2.28. The maximum Gasteiger partial charge on any atom is 0.337 e. The third kappa shape index (κ3) is 4.85. The third-order valence-corrected chi connectivity index (χ3v) is 3.52. The first-order valence-electron chi connectivity index (χ1n) is 7.70. The second-order valence-electron chi connectivity index (χ2n) is 5.32. The first kappa shape index (κ1) is 18.6. The average Bonchev–Trinajstić information content (AvgIpc) is 2.64. The smallest absolute Gasteiger partial charge is 0.337 e. The number of hydrogen-bond donors (Lipinski definition) is 4. The van der Waals surface area contributed by atoms with Gasteiger partial charge in [-0.2, -0.15) is 0 Å². The lowest BCUT2D eigenvalue weighted by Crippen LogP contribution is -2.24. The highest BCUT2D eigenvalue weighted by Crippen LogP contribution is 2.38. The van der Waals surface area contributed by atoms with E-state index in [-0.39, 0.29) is 23.5 Å². The number of ether oxygens (including phenoxy) is 2. The van der Waals surface area contributed by atoms with Gasteiger partial charge in [-0.25, -0.2) is 4.79 Å². The molecule has 0 aliphatic heterocycles. The van der Waals surface area contributed by atoms with Crippen LogP contribution < -0.4 is 14.8 Å². The summed E-state index contributed by atoms with van der Waals surface area (Å²) >= 11 is 0. The molecule has 0 saturated heterocycles. The van der Waals surface area contributed by atoms with E-state index in [0.717, 1.165) is 5.56 Å². The minimum atomic E-state index is -1.14. The van der Waals surface area contributed by atoms with Crippen LogP contribution in [0.4, 0.5) is 5.69 Å². The molecule has 2 rings (SSSR count). The lowest BCUT2D eigenvalue weighted by molar-refractivity contribution is 0.0697. The summed E-state index contributed by atoms with van der Waals surface area (Å²) in [5.74, 6) is -0.549. The molecule has 2 aromatic carbocycles. The molecule has 0 bridgehead atoms. The number of methoxy groups -OCH3 is 1. The van der Waals surface area contributed by atoms with Crippen molar-refractivity contribution in [3.8, 4) is 11.5 Å². The van der Waals surface area contributed by atoms with Gasteiger partial charge in [-0.15, -0.1) is 0 Å². The summed E-state index contributed by atoms with van der Waals surface area (Å²) in [7, 11) is 1.41. The summed E-state index contributed by atoms with van der Waals surface area (Å²) in [5.41, 5.74) is 1.12. The van der Waals surface area contributed by atoms with Gasteiger partial charge in [-0.05, 0) is 17.7 Å². The monoisotopic (exact) mass is 347 g/mol. The Morgan fingerprint density at radius 1 is 1.20 bits per heavy atom. The van der Waals surface area contributed by atoms with Gasteiger partial charge in [0.15, 0.2) is 11.5 Å². The van der Waals surface area contributed by atoms with Crippen molar-refractivity contribution in [3.05, 3.63) is 53.6 Å². The van der Waals surface area contributed by atoms with Crippen LogP contribution in [-0.2, 0) is 6.61 Å². The van der Waals surface area contributed by atoms with Crippen LogP contribution in [0, 0.1) is 0 Å². The minimum Gasteiger partial charge on any atom is -0.491 e. The zero-order valence-electron chi connectivity index (χ0n) is 13.8. The normalized spacial score (nSPS) is 11.6. The van der Waals surface area contributed by atoms with E-state index in [4.69, 9.17) is 14.6 Å². The van der Waals surface area contributed by atoms with Crippen LogP contribution in [0.5, 0.6) is 11.5 Å². The van der Waals surface area contributed by atoms with Crippen molar-refractivity contribution in [2.75, 3.05) is 25.6 Å². The second-order valence-corrected chi connectivity index (χ2v) is 5.32. The van der Waals surface area contributed by atoms with Crippen LogP contribution in [0.25, 0.3) is 0 Å². The van der Waals surface area contributed by atoms with Crippen LogP contribution in [0.3, 0.4) is 0 Å². The summed E-state index contributed by atoms with van der Waals surface area (Å²) in [6.45, 7) is -0.181. The summed E-state index contributed by atoms with van der Waals surface area (Å²) in [6.07, 6.45) is -1.03. The van der Waals surface area contributed by atoms with Gasteiger partial charge in [0.2, 0.25) is 0 Å². The molecule has 7 heteroatoms. The van der Waals surface area contributed by atoms with Gasteiger partial charge in [0.05, 0.1) is 31.1 Å². The standard InChI is InChI=1S/C18H21NO6/c1-24-17-15(25-11-12-5-3-2-4-6-12)8-7-14(18(22)23)16(17)19-9-13(21)10-20/h2-8,13,19-21H,9-11H2,1H3,(H,22,23). The van der Waals surface area contributed by atoms with Crippen molar-refractivity contribution in [1.29, 1.82) is 0 Å². The maximum absolute atomic E-state index is 11.4. The molecule has 0 amide bonds. The SMILES string of the molecule is COc1c(OCc2ccccc2)ccc(C(=O)O)c1NCC(O)CO. The lowest BCUT2D eigenvalue weighted by atomic mass is 10.1. The van der Waals surface area contributed by atoms with Gasteiger partial charge in [0, 0.05) is 6.54 Å². The van der Waals surface area contributed by atoms with E-state index in [1.807, 2.05) is 30.3 Å². The van der Waals surface area contributed by atoms with Crippen molar-refractivity contribution >= 4 is 11.7 Å². The highest BCUT2D eigenvalue weighted by molar-refractivity contribution is 5.96.